The van der Waals surface area contributed by atoms with Crippen molar-refractivity contribution in [3.05, 3.63) is 53.6 Å². The lowest BCUT2D eigenvalue weighted by molar-refractivity contribution is -0.117. The van der Waals surface area contributed by atoms with Gasteiger partial charge in [-0.1, -0.05) is 30.3 Å². The zero-order valence-corrected chi connectivity index (χ0v) is 19.4. The minimum absolute atomic E-state index is 0. The lowest BCUT2D eigenvalue weighted by atomic mass is 9.87. The average molecular weight is 446 g/mol. The van der Waals surface area contributed by atoms with Gasteiger partial charge >= 0.3 is 6.09 Å². The summed E-state index contributed by atoms with van der Waals surface area (Å²) < 4.78 is 0. The highest BCUT2D eigenvalue weighted by atomic mass is 35.5. The van der Waals surface area contributed by atoms with Crippen molar-refractivity contribution in [1.29, 1.82) is 0 Å². The van der Waals surface area contributed by atoms with E-state index in [1.54, 1.807) is 11.8 Å². The topological polar surface area (TPSA) is 86.9 Å². The average Bonchev–Trinajstić information content (AvgIpc) is 2.67. The lowest BCUT2D eigenvalue weighted by Crippen LogP contribution is -2.48. The molecule has 0 aliphatic carbocycles. The Labute approximate surface area is 190 Å². The van der Waals surface area contributed by atoms with Crippen LogP contribution in [0.3, 0.4) is 0 Å². The van der Waals surface area contributed by atoms with E-state index in [-0.39, 0.29) is 36.4 Å². The van der Waals surface area contributed by atoms with E-state index >= 15 is 0 Å². The molecule has 7 heteroatoms. The molecule has 0 spiro atoms. The molecule has 0 saturated heterocycles. The first kappa shape index (κ1) is 24.7. The van der Waals surface area contributed by atoms with Crippen molar-refractivity contribution in [3.8, 4) is 11.1 Å². The molecule has 6 nitrogen and oxygen atoms in total. The fourth-order valence-electron chi connectivity index (χ4n) is 4.50. The molecule has 2 atom stereocenters. The normalized spacial score (nSPS) is 17.7. The highest BCUT2D eigenvalue weighted by Gasteiger charge is 2.38. The largest absolute Gasteiger partial charge is 0.465 e. The van der Waals surface area contributed by atoms with E-state index in [0.717, 1.165) is 28.8 Å². The fraction of sp³-hybridized carbons (Fsp3) is 0.417. The first-order valence-corrected chi connectivity index (χ1v) is 10.5. The molecule has 2 aromatic carbocycles. The second kappa shape index (κ2) is 10.2. The number of nitrogens with two attached hydrogens (primary N) is 1. The summed E-state index contributed by atoms with van der Waals surface area (Å²) in [5.41, 5.74) is 10.6. The van der Waals surface area contributed by atoms with Gasteiger partial charge in [0.2, 0.25) is 5.91 Å². The summed E-state index contributed by atoms with van der Waals surface area (Å²) >= 11 is 0. The molecule has 0 saturated carbocycles. The molecular formula is C24H32ClN3O3. The third-order valence-corrected chi connectivity index (χ3v) is 5.82. The number of carbonyl (C=O) groups excluding carboxylic acids is 1. The highest BCUT2D eigenvalue weighted by Crippen LogP contribution is 2.43. The molecule has 0 unspecified atom stereocenters. The summed E-state index contributed by atoms with van der Waals surface area (Å²) in [6.07, 6.45) is 0.455. The summed E-state index contributed by atoms with van der Waals surface area (Å²) in [5, 5.41) is 9.89. The van der Waals surface area contributed by atoms with Crippen LogP contribution in [0.15, 0.2) is 42.5 Å². The van der Waals surface area contributed by atoms with E-state index in [0.29, 0.717) is 13.0 Å². The Kier molecular flexibility index (Phi) is 8.09. The van der Waals surface area contributed by atoms with Crippen molar-refractivity contribution >= 4 is 30.1 Å². The van der Waals surface area contributed by atoms with E-state index in [1.807, 2.05) is 39.0 Å². The molecule has 2 aromatic rings. The van der Waals surface area contributed by atoms with Crippen LogP contribution >= 0.6 is 12.4 Å². The van der Waals surface area contributed by atoms with Crippen molar-refractivity contribution in [1.82, 2.24) is 4.90 Å². The Balaban J connectivity index is 0.00000341. The fourth-order valence-corrected chi connectivity index (χ4v) is 4.50. The molecule has 3 rings (SSSR count). The number of carbonyl (C=O) groups is 2. The number of anilines is 1. The van der Waals surface area contributed by atoms with Crippen molar-refractivity contribution in [2.75, 3.05) is 11.4 Å². The number of hydrogen-bond donors (Lipinski definition) is 2. The van der Waals surface area contributed by atoms with Gasteiger partial charge in [0.25, 0.3) is 0 Å². The van der Waals surface area contributed by atoms with Gasteiger partial charge in [-0.3, -0.25) is 9.69 Å². The summed E-state index contributed by atoms with van der Waals surface area (Å²) in [5.74, 6) is -0.0347. The maximum Gasteiger partial charge on any atom is 0.408 e. The van der Waals surface area contributed by atoms with E-state index in [9.17, 15) is 14.7 Å². The van der Waals surface area contributed by atoms with Gasteiger partial charge in [-0.2, -0.15) is 0 Å². The number of fused-ring (bicyclic) bond motifs is 1. The predicted molar refractivity (Wildman–Crippen MR) is 127 cm³/mol. The van der Waals surface area contributed by atoms with Crippen molar-refractivity contribution in [2.24, 2.45) is 5.73 Å². The molecule has 31 heavy (non-hydrogen) atoms. The van der Waals surface area contributed by atoms with Gasteiger partial charge in [0.1, 0.15) is 0 Å². The van der Waals surface area contributed by atoms with E-state index in [1.165, 1.54) is 10.5 Å². The molecule has 0 radical (unpaired) electrons. The molecule has 0 fully saturated rings. The summed E-state index contributed by atoms with van der Waals surface area (Å²) in [7, 11) is 0. The van der Waals surface area contributed by atoms with Gasteiger partial charge in [0, 0.05) is 24.7 Å². The monoisotopic (exact) mass is 445 g/mol. The first-order valence-electron chi connectivity index (χ1n) is 10.5. The van der Waals surface area contributed by atoms with Crippen LogP contribution < -0.4 is 10.6 Å². The maximum atomic E-state index is 12.4. The van der Waals surface area contributed by atoms with Crippen molar-refractivity contribution in [2.45, 2.75) is 58.7 Å². The Hall–Kier alpha value is -2.57. The number of amides is 2. The maximum absolute atomic E-state index is 12.4. The van der Waals surface area contributed by atoms with Crippen LogP contribution in [0.5, 0.6) is 0 Å². The Morgan fingerprint density at radius 2 is 1.77 bits per heavy atom. The molecule has 2 amide bonds. The van der Waals surface area contributed by atoms with E-state index in [4.69, 9.17) is 5.73 Å². The Bertz CT molecular complexity index is 930. The number of rotatable bonds is 5. The van der Waals surface area contributed by atoms with Crippen LogP contribution in [0.1, 0.15) is 51.3 Å². The lowest BCUT2D eigenvalue weighted by Gasteiger charge is -2.43. The number of benzene rings is 2. The highest BCUT2D eigenvalue weighted by molar-refractivity contribution is 5.94. The van der Waals surface area contributed by atoms with Gasteiger partial charge in [-0.15, -0.1) is 12.4 Å². The van der Waals surface area contributed by atoms with Crippen LogP contribution in [0.2, 0.25) is 0 Å². The third kappa shape index (κ3) is 5.02. The molecule has 1 aliphatic heterocycles. The molecule has 0 aromatic heterocycles. The number of nitrogens with zero attached hydrogens (tertiary/aromatic N) is 2. The van der Waals surface area contributed by atoms with Gasteiger partial charge in [-0.25, -0.2) is 4.79 Å². The molecular weight excluding hydrogens is 414 g/mol. The molecule has 1 heterocycles. The van der Waals surface area contributed by atoms with Crippen LogP contribution in [-0.4, -0.2) is 40.6 Å². The second-order valence-corrected chi connectivity index (χ2v) is 8.28. The number of halogens is 1. The second-order valence-electron chi connectivity index (χ2n) is 8.28. The minimum atomic E-state index is -0.944. The van der Waals surface area contributed by atoms with E-state index < -0.39 is 6.09 Å². The SMILES string of the molecule is CC(=O)N1c2ccc(-c3ccc(CCN)cc3)cc2[C@H](N(C(=O)O)C(C)C)C[C@@H]1C.Cl. The summed E-state index contributed by atoms with van der Waals surface area (Å²) in [4.78, 5) is 27.7. The zero-order chi connectivity index (χ0) is 22.0. The molecule has 168 valence electrons. The molecule has 1 aliphatic rings. The molecule has 0 bridgehead atoms. The van der Waals surface area contributed by atoms with Crippen LogP contribution in [0.25, 0.3) is 11.1 Å². The zero-order valence-electron chi connectivity index (χ0n) is 18.5. The quantitative estimate of drug-likeness (QED) is 0.688. The van der Waals surface area contributed by atoms with Crippen LogP contribution in [0.4, 0.5) is 10.5 Å². The minimum Gasteiger partial charge on any atom is -0.465 e. The van der Waals surface area contributed by atoms with Gasteiger partial charge < -0.3 is 15.7 Å². The van der Waals surface area contributed by atoms with Gasteiger partial charge in [-0.05, 0) is 74.5 Å². The van der Waals surface area contributed by atoms with Crippen molar-refractivity contribution < 1.29 is 14.7 Å². The predicted octanol–water partition coefficient (Wildman–Crippen LogP) is 4.85. The Morgan fingerprint density at radius 3 is 2.29 bits per heavy atom. The summed E-state index contributed by atoms with van der Waals surface area (Å²) in [6.45, 7) is 7.91. The smallest absolute Gasteiger partial charge is 0.408 e. The van der Waals surface area contributed by atoms with Gasteiger partial charge in [0.15, 0.2) is 0 Å². The van der Waals surface area contributed by atoms with Crippen LogP contribution in [-0.2, 0) is 11.2 Å². The van der Waals surface area contributed by atoms with E-state index in [2.05, 4.69) is 24.3 Å². The summed E-state index contributed by atoms with van der Waals surface area (Å²) in [6, 6.07) is 13.7. The van der Waals surface area contributed by atoms with Gasteiger partial charge in [0.05, 0.1) is 6.04 Å². The first-order chi connectivity index (χ1) is 14.2. The Morgan fingerprint density at radius 1 is 1.16 bits per heavy atom. The third-order valence-electron chi connectivity index (χ3n) is 5.82. The standard InChI is InChI=1S/C24H31N3O3.ClH/c1-15(2)26(24(29)30)23-13-16(3)27(17(4)28)22-10-9-20(14-21(22)23)19-7-5-18(6-8-19)11-12-25;/h5-10,14-16,23H,11-13,25H2,1-4H3,(H,29,30);1H/t16-,23+;/m0./s1. The van der Waals surface area contributed by atoms with Crippen molar-refractivity contribution in [3.63, 3.8) is 0 Å². The molecule has 3 N–H and O–H groups in total. The van der Waals surface area contributed by atoms with Crippen LogP contribution in [0, 0.1) is 0 Å². The number of carboxylic acid groups (broad SMARTS) is 1. The number of hydrogen-bond acceptors (Lipinski definition) is 3.